The average molecular weight is 290 g/mol. The van der Waals surface area contributed by atoms with Crippen LogP contribution in [-0.2, 0) is 11.3 Å². The molecular weight excluding hydrogens is 262 g/mol. The molecule has 0 aromatic heterocycles. The van der Waals surface area contributed by atoms with Gasteiger partial charge < -0.3 is 5.32 Å². The van der Waals surface area contributed by atoms with Gasteiger partial charge in [-0.15, -0.1) is 0 Å². The first-order valence-electron chi connectivity index (χ1n) is 11.2. The number of carbonyl (C=O) groups is 1. The van der Waals surface area contributed by atoms with E-state index in [4.69, 9.17) is 13.7 Å². The second-order valence-corrected chi connectivity index (χ2v) is 4.31. The molecule has 0 saturated carbocycles. The first kappa shape index (κ1) is 6.10. The van der Waals surface area contributed by atoms with Crippen LogP contribution >= 0.6 is 0 Å². The largest absolute Gasteiger partial charge is 0.345 e. The number of rotatable bonds is 3. The lowest BCUT2D eigenvalue weighted by molar-refractivity contribution is -0.337. The zero-order chi connectivity index (χ0) is 23.4. The van der Waals surface area contributed by atoms with Crippen LogP contribution in [0.5, 0.6) is 0 Å². The van der Waals surface area contributed by atoms with Crippen LogP contribution in [0.15, 0.2) is 58.3 Å². The van der Waals surface area contributed by atoms with Crippen LogP contribution < -0.4 is 5.32 Å². The lowest BCUT2D eigenvalue weighted by Crippen LogP contribution is -2.32. The molecule has 106 valence electrons. The maximum absolute atomic E-state index is 13.0. The number of nitrogens with zero attached hydrogens (tertiary/aromatic N) is 2. The minimum absolute atomic E-state index is 0.107. The standard InChI is InChI=1S/C17H17N3O/c1-12-8-9-15-19-13(2)16(20(15)11-12)17(21)18-10-14-6-4-3-5-7-14/h3-8,11H,9-10H2,1-2H3/p+1/i1D3,2D3,8D,9D,10D2. The normalized spacial score (nSPS) is 29.8. The molecular formula is C17H18N3O+. The zero-order valence-electron chi connectivity index (χ0n) is 20.8. The van der Waals surface area contributed by atoms with E-state index in [1.54, 1.807) is 18.2 Å². The Kier molecular flexibility index (Phi) is 1.59. The lowest BCUT2D eigenvalue weighted by atomic mass is 10.2. The molecule has 1 atom stereocenters. The molecule has 0 spiro atoms. The van der Waals surface area contributed by atoms with E-state index in [0.29, 0.717) is 0 Å². The molecule has 2 aliphatic rings. The van der Waals surface area contributed by atoms with Gasteiger partial charge in [-0.3, -0.25) is 4.79 Å². The topological polar surface area (TPSA) is 44.5 Å². The molecule has 1 unspecified atom stereocenters. The SMILES string of the molecule is [2H]C1=C(C([2H])([2H])[2H])C=[N+]2C(=NC(C([2H])([2H])[2H])=C2C(=O)NC([2H])([2H])c2ccccc2)C1[2H]. The van der Waals surface area contributed by atoms with Gasteiger partial charge in [0.05, 0.1) is 16.7 Å². The summed E-state index contributed by atoms with van der Waals surface area (Å²) in [5.41, 5.74) is -1.75. The van der Waals surface area contributed by atoms with E-state index in [1.807, 2.05) is 0 Å². The number of amides is 1. The van der Waals surface area contributed by atoms with Crippen molar-refractivity contribution < 1.29 is 23.1 Å². The van der Waals surface area contributed by atoms with E-state index >= 15 is 0 Å². The van der Waals surface area contributed by atoms with Crippen molar-refractivity contribution >= 4 is 18.0 Å². The van der Waals surface area contributed by atoms with Crippen molar-refractivity contribution in [1.82, 2.24) is 5.32 Å². The number of hydrogen-bond acceptors (Lipinski definition) is 2. The quantitative estimate of drug-likeness (QED) is 0.854. The highest BCUT2D eigenvalue weighted by molar-refractivity contribution is 6.00. The summed E-state index contributed by atoms with van der Waals surface area (Å²) in [6, 6.07) is 7.08. The van der Waals surface area contributed by atoms with Crippen molar-refractivity contribution in [2.24, 2.45) is 4.99 Å². The highest BCUT2D eigenvalue weighted by atomic mass is 16.2. The van der Waals surface area contributed by atoms with E-state index in [-0.39, 0.29) is 11.4 Å². The summed E-state index contributed by atoms with van der Waals surface area (Å²) in [6.45, 7) is -8.08. The summed E-state index contributed by atoms with van der Waals surface area (Å²) < 4.78 is 79.2. The van der Waals surface area contributed by atoms with E-state index in [1.165, 1.54) is 12.1 Å². The van der Waals surface area contributed by atoms with Crippen molar-refractivity contribution in [3.05, 3.63) is 58.9 Å². The molecule has 0 saturated heterocycles. The first-order valence-corrected chi connectivity index (χ1v) is 6.13. The van der Waals surface area contributed by atoms with Gasteiger partial charge in [-0.2, -0.15) is 4.58 Å². The second-order valence-electron chi connectivity index (χ2n) is 4.31. The molecule has 1 aromatic rings. The van der Waals surface area contributed by atoms with Crippen LogP contribution in [0.4, 0.5) is 0 Å². The van der Waals surface area contributed by atoms with E-state index < -0.39 is 55.5 Å². The van der Waals surface area contributed by atoms with Gasteiger partial charge in [-0.05, 0) is 23.0 Å². The minimum Gasteiger partial charge on any atom is -0.345 e. The minimum atomic E-state index is -2.91. The molecule has 4 nitrogen and oxygen atoms in total. The van der Waals surface area contributed by atoms with Crippen LogP contribution in [0.1, 0.15) is 39.4 Å². The lowest BCUT2D eigenvalue weighted by Gasteiger charge is -2.09. The van der Waals surface area contributed by atoms with Crippen LogP contribution in [0.25, 0.3) is 0 Å². The van der Waals surface area contributed by atoms with Gasteiger partial charge >= 0.3 is 5.84 Å². The smallest absolute Gasteiger partial charge is 0.308 e. The second kappa shape index (κ2) is 5.48. The van der Waals surface area contributed by atoms with Crippen molar-refractivity contribution in [2.75, 3.05) is 0 Å². The van der Waals surface area contributed by atoms with Gasteiger partial charge in [-0.1, -0.05) is 36.4 Å². The van der Waals surface area contributed by atoms with Crippen LogP contribution in [-0.4, -0.2) is 22.5 Å². The Bertz CT molecular complexity index is 1050. The third-order valence-corrected chi connectivity index (χ3v) is 2.86. The van der Waals surface area contributed by atoms with Gasteiger partial charge in [0, 0.05) is 22.9 Å². The molecule has 2 heterocycles. The fourth-order valence-corrected chi connectivity index (χ4v) is 1.92. The van der Waals surface area contributed by atoms with E-state index in [9.17, 15) is 4.79 Å². The number of amidine groups is 1. The number of nitrogens with one attached hydrogen (secondary N) is 1. The maximum atomic E-state index is 13.0. The monoisotopic (exact) mass is 290 g/mol. The van der Waals surface area contributed by atoms with Crippen molar-refractivity contribution in [2.45, 2.75) is 26.6 Å². The Morgan fingerprint density at radius 2 is 2.38 bits per heavy atom. The molecule has 21 heavy (non-hydrogen) atoms. The van der Waals surface area contributed by atoms with Gasteiger partial charge in [0.1, 0.15) is 0 Å². The van der Waals surface area contributed by atoms with Gasteiger partial charge in [-0.25, -0.2) is 0 Å². The number of allylic oxidation sites excluding steroid dienone is 2. The summed E-state index contributed by atoms with van der Waals surface area (Å²) in [5.74, 6) is -1.46. The van der Waals surface area contributed by atoms with Gasteiger partial charge in [0.25, 0.3) is 5.91 Å². The molecule has 0 bridgehead atoms. The number of carbonyl (C=O) groups excluding carboxylic acids is 1. The average Bonchev–Trinajstić information content (AvgIpc) is 3.04. The molecule has 0 fully saturated rings. The summed E-state index contributed by atoms with van der Waals surface area (Å²) in [4.78, 5) is 16.9. The highest BCUT2D eigenvalue weighted by Gasteiger charge is 2.35. The molecule has 0 radical (unpaired) electrons. The third kappa shape index (κ3) is 2.70. The van der Waals surface area contributed by atoms with Crippen LogP contribution in [0, 0.1) is 0 Å². The molecule has 3 rings (SSSR count). The third-order valence-electron chi connectivity index (χ3n) is 2.86. The Hall–Kier alpha value is -2.49. The Morgan fingerprint density at radius 1 is 1.52 bits per heavy atom. The Balaban J connectivity index is 2.11. The Morgan fingerprint density at radius 3 is 3.14 bits per heavy atom. The Labute approximate surface area is 138 Å². The van der Waals surface area contributed by atoms with Gasteiger partial charge in [0.15, 0.2) is 0 Å². The van der Waals surface area contributed by atoms with Crippen LogP contribution in [0.2, 0.25) is 0 Å². The molecule has 0 aliphatic carbocycles. The van der Waals surface area contributed by atoms with Crippen LogP contribution in [0.3, 0.4) is 0 Å². The predicted octanol–water partition coefficient (Wildman–Crippen LogP) is 2.38. The summed E-state index contributed by atoms with van der Waals surface area (Å²) in [6.07, 6.45) is -0.737. The van der Waals surface area contributed by atoms with Crippen molar-refractivity contribution in [1.29, 1.82) is 0 Å². The maximum Gasteiger partial charge on any atom is 0.308 e. The molecule has 2 aliphatic heterocycles. The molecule has 1 N–H and O–H groups in total. The zero-order valence-corrected chi connectivity index (χ0v) is 10.8. The summed E-state index contributed by atoms with van der Waals surface area (Å²) >= 11 is 0. The van der Waals surface area contributed by atoms with Crippen molar-refractivity contribution in [3.8, 4) is 0 Å². The van der Waals surface area contributed by atoms with E-state index in [0.717, 1.165) is 10.8 Å². The predicted molar refractivity (Wildman–Crippen MR) is 83.1 cm³/mol. The molecule has 4 heteroatoms. The number of fused-ring (bicyclic) bond motifs is 1. The first-order chi connectivity index (χ1) is 14.1. The molecule has 1 aromatic carbocycles. The number of aliphatic imine (C=N–C) groups is 1. The van der Waals surface area contributed by atoms with E-state index in [2.05, 4.69) is 10.3 Å². The number of benzene rings is 1. The van der Waals surface area contributed by atoms with Gasteiger partial charge in [0.2, 0.25) is 11.4 Å². The van der Waals surface area contributed by atoms with Crippen molar-refractivity contribution in [3.63, 3.8) is 0 Å². The fraction of sp³-hybridized carbons (Fsp3) is 0.235. The highest BCUT2D eigenvalue weighted by Crippen LogP contribution is 2.21. The summed E-state index contributed by atoms with van der Waals surface area (Å²) in [5, 5.41) is 2.12. The molecule has 1 amide bonds. The number of hydrogen-bond donors (Lipinski definition) is 1. The fourth-order valence-electron chi connectivity index (χ4n) is 1.92. The summed E-state index contributed by atoms with van der Waals surface area (Å²) in [7, 11) is 0.